The molecule has 0 unspecified atom stereocenters. The molecule has 0 aliphatic carbocycles. The highest BCUT2D eigenvalue weighted by atomic mass is 32.2. The van der Waals surface area contributed by atoms with E-state index in [1.54, 1.807) is 19.1 Å². The SMILES string of the molecule is Cc1c(O)cccc1NS(=O)(=O)N(C)C. The third-order valence-corrected chi connectivity index (χ3v) is 3.46. The number of hydrogen-bond acceptors (Lipinski definition) is 3. The number of anilines is 1. The molecule has 0 aliphatic rings. The number of nitrogens with one attached hydrogen (secondary N) is 1. The van der Waals surface area contributed by atoms with Crippen molar-refractivity contribution in [1.82, 2.24) is 4.31 Å². The maximum absolute atomic E-state index is 11.5. The van der Waals surface area contributed by atoms with Gasteiger partial charge in [0.15, 0.2) is 0 Å². The minimum atomic E-state index is -3.52. The maximum atomic E-state index is 11.5. The van der Waals surface area contributed by atoms with Gasteiger partial charge in [-0.15, -0.1) is 0 Å². The smallest absolute Gasteiger partial charge is 0.301 e. The van der Waals surface area contributed by atoms with Gasteiger partial charge < -0.3 is 5.11 Å². The minimum Gasteiger partial charge on any atom is -0.508 e. The van der Waals surface area contributed by atoms with E-state index in [9.17, 15) is 13.5 Å². The number of nitrogens with zero attached hydrogens (tertiary/aromatic N) is 1. The number of phenols is 1. The van der Waals surface area contributed by atoms with Crippen LogP contribution in [0.1, 0.15) is 5.56 Å². The van der Waals surface area contributed by atoms with Crippen LogP contribution in [0.4, 0.5) is 5.69 Å². The van der Waals surface area contributed by atoms with Gasteiger partial charge >= 0.3 is 10.2 Å². The molecule has 0 amide bonds. The van der Waals surface area contributed by atoms with Crippen LogP contribution in [0.25, 0.3) is 0 Å². The lowest BCUT2D eigenvalue weighted by atomic mass is 10.2. The van der Waals surface area contributed by atoms with E-state index in [1.807, 2.05) is 0 Å². The monoisotopic (exact) mass is 230 g/mol. The molecule has 1 rings (SSSR count). The molecule has 0 radical (unpaired) electrons. The minimum absolute atomic E-state index is 0.0638. The predicted molar refractivity (Wildman–Crippen MR) is 59.1 cm³/mol. The van der Waals surface area contributed by atoms with Crippen molar-refractivity contribution in [2.75, 3.05) is 18.8 Å². The summed E-state index contributed by atoms with van der Waals surface area (Å²) in [6, 6.07) is 4.68. The summed E-state index contributed by atoms with van der Waals surface area (Å²) in [5, 5.41) is 9.39. The van der Waals surface area contributed by atoms with Gasteiger partial charge in [0.05, 0.1) is 5.69 Å². The Morgan fingerprint density at radius 3 is 2.47 bits per heavy atom. The van der Waals surface area contributed by atoms with Crippen molar-refractivity contribution in [3.8, 4) is 5.75 Å². The Bertz CT molecular complexity index is 454. The third kappa shape index (κ3) is 2.60. The molecule has 0 spiro atoms. The fraction of sp³-hybridized carbons (Fsp3) is 0.333. The molecular formula is C9H14N2O3S. The second-order valence-corrected chi connectivity index (χ2v) is 5.22. The lowest BCUT2D eigenvalue weighted by molar-refractivity contribution is 0.471. The average molecular weight is 230 g/mol. The van der Waals surface area contributed by atoms with Gasteiger partial charge in [0, 0.05) is 19.7 Å². The quantitative estimate of drug-likeness (QED) is 0.811. The van der Waals surface area contributed by atoms with Gasteiger partial charge in [-0.3, -0.25) is 4.72 Å². The highest BCUT2D eigenvalue weighted by Crippen LogP contribution is 2.24. The summed E-state index contributed by atoms with van der Waals surface area (Å²) < 4.78 is 26.4. The van der Waals surface area contributed by atoms with Crippen molar-refractivity contribution in [3.05, 3.63) is 23.8 Å². The Hall–Kier alpha value is -1.27. The van der Waals surface area contributed by atoms with Gasteiger partial charge in [0.25, 0.3) is 0 Å². The molecule has 84 valence electrons. The van der Waals surface area contributed by atoms with Crippen LogP contribution in [0.2, 0.25) is 0 Å². The Labute approximate surface area is 89.5 Å². The second-order valence-electron chi connectivity index (χ2n) is 3.34. The predicted octanol–water partition coefficient (Wildman–Crippen LogP) is 0.919. The maximum Gasteiger partial charge on any atom is 0.301 e. The summed E-state index contributed by atoms with van der Waals surface area (Å²) in [6.45, 7) is 1.64. The summed E-state index contributed by atoms with van der Waals surface area (Å²) in [7, 11) is -0.656. The van der Waals surface area contributed by atoms with Crippen molar-refractivity contribution < 1.29 is 13.5 Å². The highest BCUT2D eigenvalue weighted by molar-refractivity contribution is 7.90. The zero-order valence-corrected chi connectivity index (χ0v) is 9.67. The largest absolute Gasteiger partial charge is 0.508 e. The molecule has 0 aromatic heterocycles. The molecule has 0 heterocycles. The molecular weight excluding hydrogens is 216 g/mol. The number of benzene rings is 1. The van der Waals surface area contributed by atoms with E-state index < -0.39 is 10.2 Å². The topological polar surface area (TPSA) is 69.6 Å². The molecule has 0 bridgehead atoms. The van der Waals surface area contributed by atoms with E-state index in [0.717, 1.165) is 4.31 Å². The molecule has 0 atom stereocenters. The fourth-order valence-corrected chi connectivity index (χ4v) is 1.65. The average Bonchev–Trinajstić information content (AvgIpc) is 2.12. The van der Waals surface area contributed by atoms with E-state index in [4.69, 9.17) is 0 Å². The van der Waals surface area contributed by atoms with Gasteiger partial charge in [0.1, 0.15) is 5.75 Å². The molecule has 6 heteroatoms. The van der Waals surface area contributed by atoms with Crippen LogP contribution in [0.5, 0.6) is 5.75 Å². The lowest BCUT2D eigenvalue weighted by Crippen LogP contribution is -2.29. The van der Waals surface area contributed by atoms with Gasteiger partial charge in [-0.2, -0.15) is 12.7 Å². The van der Waals surface area contributed by atoms with Crippen molar-refractivity contribution in [3.63, 3.8) is 0 Å². The molecule has 2 N–H and O–H groups in total. The summed E-state index contributed by atoms with van der Waals surface area (Å²) in [5.41, 5.74) is 0.881. The Morgan fingerprint density at radius 1 is 1.33 bits per heavy atom. The van der Waals surface area contributed by atoms with Crippen LogP contribution in [0.15, 0.2) is 18.2 Å². The molecule has 1 aromatic carbocycles. The van der Waals surface area contributed by atoms with E-state index in [1.165, 1.54) is 20.2 Å². The Kier molecular flexibility index (Phi) is 3.21. The zero-order chi connectivity index (χ0) is 11.6. The van der Waals surface area contributed by atoms with Crippen molar-refractivity contribution in [2.24, 2.45) is 0 Å². The second kappa shape index (κ2) is 4.08. The summed E-state index contributed by atoms with van der Waals surface area (Å²) in [5.74, 6) is 0.0638. The number of hydrogen-bond donors (Lipinski definition) is 2. The van der Waals surface area contributed by atoms with E-state index in [-0.39, 0.29) is 5.75 Å². The van der Waals surface area contributed by atoms with Crippen LogP contribution >= 0.6 is 0 Å². The Balaban J connectivity index is 3.06. The van der Waals surface area contributed by atoms with Crippen molar-refractivity contribution in [2.45, 2.75) is 6.92 Å². The standard InChI is InChI=1S/C9H14N2O3S/c1-7-8(5-4-6-9(7)12)10-15(13,14)11(2)3/h4-6,10,12H,1-3H3. The van der Waals surface area contributed by atoms with E-state index >= 15 is 0 Å². The molecule has 5 nitrogen and oxygen atoms in total. The summed E-state index contributed by atoms with van der Waals surface area (Å²) >= 11 is 0. The van der Waals surface area contributed by atoms with Gasteiger partial charge in [-0.1, -0.05) is 6.07 Å². The molecule has 1 aromatic rings. The zero-order valence-electron chi connectivity index (χ0n) is 8.85. The number of phenolic OH excluding ortho intramolecular Hbond substituents is 1. The fourth-order valence-electron chi connectivity index (χ4n) is 0.964. The van der Waals surface area contributed by atoms with Gasteiger partial charge in [-0.05, 0) is 19.1 Å². The van der Waals surface area contributed by atoms with E-state index in [0.29, 0.717) is 11.3 Å². The first-order chi connectivity index (χ1) is 6.84. The van der Waals surface area contributed by atoms with Crippen molar-refractivity contribution >= 4 is 15.9 Å². The van der Waals surface area contributed by atoms with Crippen molar-refractivity contribution in [1.29, 1.82) is 0 Å². The van der Waals surface area contributed by atoms with Crippen LogP contribution in [0, 0.1) is 6.92 Å². The van der Waals surface area contributed by atoms with Crippen LogP contribution in [0.3, 0.4) is 0 Å². The normalized spacial score (nSPS) is 11.7. The van der Waals surface area contributed by atoms with Gasteiger partial charge in [-0.25, -0.2) is 0 Å². The third-order valence-electron chi connectivity index (χ3n) is 2.02. The summed E-state index contributed by atoms with van der Waals surface area (Å²) in [6.07, 6.45) is 0. The first kappa shape index (κ1) is 11.8. The molecule has 0 aliphatic heterocycles. The first-order valence-electron chi connectivity index (χ1n) is 4.33. The van der Waals surface area contributed by atoms with Gasteiger partial charge in [0.2, 0.25) is 0 Å². The van der Waals surface area contributed by atoms with Crippen LogP contribution in [-0.4, -0.2) is 31.9 Å². The summed E-state index contributed by atoms with van der Waals surface area (Å²) in [4.78, 5) is 0. The van der Waals surface area contributed by atoms with Crippen LogP contribution < -0.4 is 4.72 Å². The lowest BCUT2D eigenvalue weighted by Gasteiger charge is -2.15. The number of aromatic hydroxyl groups is 1. The van der Waals surface area contributed by atoms with Crippen LogP contribution in [-0.2, 0) is 10.2 Å². The Morgan fingerprint density at radius 2 is 1.93 bits per heavy atom. The van der Waals surface area contributed by atoms with E-state index in [2.05, 4.69) is 4.72 Å². The molecule has 0 fully saturated rings. The molecule has 15 heavy (non-hydrogen) atoms. The first-order valence-corrected chi connectivity index (χ1v) is 5.77. The molecule has 0 saturated carbocycles. The molecule has 0 saturated heterocycles. The highest BCUT2D eigenvalue weighted by Gasteiger charge is 2.14. The number of rotatable bonds is 3.